The maximum atomic E-state index is 13.1. The Kier molecular flexibility index (Phi) is 14.7. The van der Waals surface area contributed by atoms with Crippen LogP contribution >= 0.6 is 0 Å². The largest absolute Gasteiger partial charge is 0.481 e. The van der Waals surface area contributed by atoms with Gasteiger partial charge in [0.2, 0.25) is 17.7 Å². The van der Waals surface area contributed by atoms with Crippen molar-refractivity contribution in [1.29, 1.82) is 0 Å². The summed E-state index contributed by atoms with van der Waals surface area (Å²) in [4.78, 5) is 60.7. The number of carbonyl (C=O) groups excluding carboxylic acids is 3. The van der Waals surface area contributed by atoms with Gasteiger partial charge in [-0.25, -0.2) is 4.79 Å². The number of nitrogens with two attached hydrogens (primary N) is 2. The smallest absolute Gasteiger partial charge is 0.326 e. The molecule has 0 aliphatic carbocycles. The summed E-state index contributed by atoms with van der Waals surface area (Å²) >= 11 is 0. The molecule has 0 aliphatic rings. The van der Waals surface area contributed by atoms with Crippen LogP contribution in [0.4, 0.5) is 0 Å². The van der Waals surface area contributed by atoms with Crippen LogP contribution in [-0.4, -0.2) is 70.6 Å². The summed E-state index contributed by atoms with van der Waals surface area (Å²) < 4.78 is 0. The number of rotatable bonds is 17. The molecule has 0 aliphatic heterocycles. The third kappa shape index (κ3) is 10.9. The normalized spacial score (nSPS) is 16.3. The van der Waals surface area contributed by atoms with E-state index in [-0.39, 0.29) is 18.3 Å². The fraction of sp³-hybridized carbons (Fsp3) is 0.773. The van der Waals surface area contributed by atoms with E-state index in [0.717, 1.165) is 0 Å². The maximum absolute atomic E-state index is 13.1. The SMILES string of the molecule is CCC(C)C(N)C(=O)NC(C(=O)NC(CCCCN)C(=O)NC(CC(=O)O)C(=O)O)C(C)CC. The lowest BCUT2D eigenvalue weighted by Crippen LogP contribution is -2.59. The molecule has 9 N–H and O–H groups in total. The van der Waals surface area contributed by atoms with Gasteiger partial charge >= 0.3 is 11.9 Å². The van der Waals surface area contributed by atoms with Gasteiger partial charge in [-0.3, -0.25) is 19.2 Å². The van der Waals surface area contributed by atoms with Crippen LogP contribution in [0.1, 0.15) is 66.2 Å². The first-order valence-electron chi connectivity index (χ1n) is 11.7. The average Bonchev–Trinajstić information content (AvgIpc) is 2.79. The van der Waals surface area contributed by atoms with E-state index in [0.29, 0.717) is 32.2 Å². The Morgan fingerprint density at radius 1 is 0.794 bits per heavy atom. The highest BCUT2D eigenvalue weighted by atomic mass is 16.4. The van der Waals surface area contributed by atoms with Gasteiger partial charge in [0.05, 0.1) is 12.5 Å². The number of amides is 3. The van der Waals surface area contributed by atoms with Gasteiger partial charge in [0.25, 0.3) is 0 Å². The fourth-order valence-corrected chi connectivity index (χ4v) is 3.13. The van der Waals surface area contributed by atoms with E-state index in [1.54, 1.807) is 6.92 Å². The zero-order chi connectivity index (χ0) is 26.4. The molecule has 12 heteroatoms. The second-order valence-electron chi connectivity index (χ2n) is 8.63. The quantitative estimate of drug-likeness (QED) is 0.132. The first kappa shape index (κ1) is 31.3. The van der Waals surface area contributed by atoms with Gasteiger partial charge in [-0.2, -0.15) is 0 Å². The minimum atomic E-state index is -1.66. The van der Waals surface area contributed by atoms with Crippen molar-refractivity contribution in [1.82, 2.24) is 16.0 Å². The monoisotopic (exact) mass is 487 g/mol. The number of nitrogens with one attached hydrogen (secondary N) is 3. The van der Waals surface area contributed by atoms with Crippen molar-refractivity contribution < 1.29 is 34.2 Å². The van der Waals surface area contributed by atoms with Crippen LogP contribution < -0.4 is 27.4 Å². The molecule has 3 amide bonds. The van der Waals surface area contributed by atoms with Gasteiger partial charge in [0.15, 0.2) is 0 Å². The third-order valence-corrected chi connectivity index (χ3v) is 5.93. The Morgan fingerprint density at radius 3 is 1.82 bits per heavy atom. The maximum Gasteiger partial charge on any atom is 0.326 e. The molecule has 0 radical (unpaired) electrons. The lowest BCUT2D eigenvalue weighted by molar-refractivity contribution is -0.147. The lowest BCUT2D eigenvalue weighted by atomic mass is 9.95. The number of carboxylic acids is 2. The summed E-state index contributed by atoms with van der Waals surface area (Å²) in [7, 11) is 0. The molecule has 6 atom stereocenters. The number of unbranched alkanes of at least 4 members (excludes halogenated alkanes) is 1. The van der Waals surface area contributed by atoms with E-state index in [2.05, 4.69) is 16.0 Å². The van der Waals surface area contributed by atoms with E-state index < -0.39 is 60.2 Å². The Morgan fingerprint density at radius 2 is 1.35 bits per heavy atom. The molecule has 196 valence electrons. The summed E-state index contributed by atoms with van der Waals surface area (Å²) in [5.74, 6) is -5.20. The van der Waals surface area contributed by atoms with E-state index >= 15 is 0 Å². The summed E-state index contributed by atoms with van der Waals surface area (Å²) in [5, 5.41) is 25.6. The first-order chi connectivity index (χ1) is 15.9. The second kappa shape index (κ2) is 16.0. The predicted octanol–water partition coefficient (Wildman–Crippen LogP) is -0.451. The zero-order valence-corrected chi connectivity index (χ0v) is 20.5. The van der Waals surface area contributed by atoms with E-state index in [1.165, 1.54) is 0 Å². The highest BCUT2D eigenvalue weighted by molar-refractivity contribution is 5.94. The Bertz CT molecular complexity index is 703. The predicted molar refractivity (Wildman–Crippen MR) is 125 cm³/mol. The minimum absolute atomic E-state index is 0.0994. The molecule has 0 fully saturated rings. The molecule has 0 bridgehead atoms. The molecule has 6 unspecified atom stereocenters. The molecule has 0 spiro atoms. The van der Waals surface area contributed by atoms with Gasteiger partial charge in [0, 0.05) is 0 Å². The molecule has 12 nitrogen and oxygen atoms in total. The van der Waals surface area contributed by atoms with Crippen LogP contribution in [0.5, 0.6) is 0 Å². The zero-order valence-electron chi connectivity index (χ0n) is 20.5. The topological polar surface area (TPSA) is 214 Å². The van der Waals surface area contributed by atoms with Crippen molar-refractivity contribution in [3.63, 3.8) is 0 Å². The summed E-state index contributed by atoms with van der Waals surface area (Å²) in [5.41, 5.74) is 11.5. The molecule has 0 saturated heterocycles. The van der Waals surface area contributed by atoms with Gasteiger partial charge in [-0.15, -0.1) is 0 Å². The number of aliphatic carboxylic acids is 2. The Balaban J connectivity index is 5.62. The van der Waals surface area contributed by atoms with Crippen LogP contribution in [0.2, 0.25) is 0 Å². The van der Waals surface area contributed by atoms with Crippen LogP contribution in [0.3, 0.4) is 0 Å². The molecule has 0 rings (SSSR count). The van der Waals surface area contributed by atoms with Crippen molar-refractivity contribution in [3.05, 3.63) is 0 Å². The summed E-state index contributed by atoms with van der Waals surface area (Å²) in [6.07, 6.45) is 1.60. The molecule has 0 aromatic heterocycles. The van der Waals surface area contributed by atoms with Crippen LogP contribution in [0.15, 0.2) is 0 Å². The van der Waals surface area contributed by atoms with Crippen molar-refractivity contribution >= 4 is 29.7 Å². The number of carbonyl (C=O) groups is 5. The number of hydrogen-bond acceptors (Lipinski definition) is 7. The molecule has 0 heterocycles. The van der Waals surface area contributed by atoms with Gasteiger partial charge in [0.1, 0.15) is 18.1 Å². The summed E-state index contributed by atoms with van der Waals surface area (Å²) in [6, 6.07) is -4.56. The van der Waals surface area contributed by atoms with Crippen molar-refractivity contribution in [2.24, 2.45) is 23.3 Å². The number of carboxylic acid groups (broad SMARTS) is 2. The second-order valence-corrected chi connectivity index (χ2v) is 8.63. The Hall–Kier alpha value is -2.73. The standard InChI is InChI=1S/C22H41N5O7/c1-5-12(3)17(24)20(31)27-18(13(4)6-2)21(32)25-14(9-7-8-10-23)19(30)26-15(22(33)34)11-16(28)29/h12-15,17-18H,5-11,23-24H2,1-4H3,(H,25,32)(H,26,30)(H,27,31)(H,28,29)(H,33,34). The summed E-state index contributed by atoms with van der Waals surface area (Å²) in [6.45, 7) is 7.71. The molecule has 0 saturated carbocycles. The van der Waals surface area contributed by atoms with Crippen LogP contribution in [0.25, 0.3) is 0 Å². The fourth-order valence-electron chi connectivity index (χ4n) is 3.13. The molecule has 34 heavy (non-hydrogen) atoms. The molecular formula is C22H41N5O7. The van der Waals surface area contributed by atoms with Crippen molar-refractivity contribution in [2.45, 2.75) is 90.4 Å². The van der Waals surface area contributed by atoms with Gasteiger partial charge < -0.3 is 37.6 Å². The Labute approximate surface area is 200 Å². The lowest BCUT2D eigenvalue weighted by Gasteiger charge is -2.28. The average molecular weight is 488 g/mol. The highest BCUT2D eigenvalue weighted by Crippen LogP contribution is 2.12. The van der Waals surface area contributed by atoms with Gasteiger partial charge in [-0.1, -0.05) is 40.5 Å². The molecular weight excluding hydrogens is 446 g/mol. The third-order valence-electron chi connectivity index (χ3n) is 5.93. The first-order valence-corrected chi connectivity index (χ1v) is 11.7. The van der Waals surface area contributed by atoms with Crippen LogP contribution in [0, 0.1) is 11.8 Å². The molecule has 0 aromatic rings. The van der Waals surface area contributed by atoms with E-state index in [9.17, 15) is 29.1 Å². The van der Waals surface area contributed by atoms with Crippen LogP contribution in [-0.2, 0) is 24.0 Å². The minimum Gasteiger partial charge on any atom is -0.481 e. The van der Waals surface area contributed by atoms with Gasteiger partial charge in [-0.05, 0) is 37.6 Å². The van der Waals surface area contributed by atoms with Crippen molar-refractivity contribution in [2.75, 3.05) is 6.54 Å². The van der Waals surface area contributed by atoms with E-state index in [4.69, 9.17) is 16.6 Å². The van der Waals surface area contributed by atoms with Crippen molar-refractivity contribution in [3.8, 4) is 0 Å². The van der Waals surface area contributed by atoms with E-state index in [1.807, 2.05) is 20.8 Å². The number of hydrogen-bond donors (Lipinski definition) is 7. The highest BCUT2D eigenvalue weighted by Gasteiger charge is 2.33. The molecule has 0 aromatic carbocycles.